The molecule has 0 aliphatic heterocycles. The van der Waals surface area contributed by atoms with Gasteiger partial charge in [0.05, 0.1) is 6.10 Å². The summed E-state index contributed by atoms with van der Waals surface area (Å²) in [5.41, 5.74) is 0.234. The van der Waals surface area contributed by atoms with Crippen LogP contribution in [0.5, 0.6) is 5.75 Å². The molecule has 0 aromatic heterocycles. The maximum atomic E-state index is 12.9. The molecule has 0 bridgehead atoms. The molecule has 2 rings (SSSR count). The zero-order valence-corrected chi connectivity index (χ0v) is 10.8. The molecule has 0 spiro atoms. The summed E-state index contributed by atoms with van der Waals surface area (Å²) in [7, 11) is 0. The molecule has 1 aromatic carbocycles. The molecule has 0 unspecified atom stereocenters. The van der Waals surface area contributed by atoms with Crippen LogP contribution in [-0.2, 0) is 0 Å². The van der Waals surface area contributed by atoms with Crippen LogP contribution >= 0.6 is 0 Å². The van der Waals surface area contributed by atoms with Crippen LogP contribution in [0.4, 0.5) is 4.39 Å². The Balaban J connectivity index is 2.00. The van der Waals surface area contributed by atoms with Crippen LogP contribution < -0.4 is 5.32 Å². The summed E-state index contributed by atoms with van der Waals surface area (Å²) in [5, 5.41) is 21.4. The van der Waals surface area contributed by atoms with Crippen LogP contribution in [0.3, 0.4) is 0 Å². The van der Waals surface area contributed by atoms with Crippen molar-refractivity contribution >= 4 is 5.91 Å². The molecule has 0 heterocycles. The Hall–Kier alpha value is -1.62. The Labute approximate surface area is 111 Å². The summed E-state index contributed by atoms with van der Waals surface area (Å²) >= 11 is 0. The molecular formula is C14H18FNO3. The number of hydrogen-bond donors (Lipinski definition) is 3. The number of aliphatic hydroxyl groups excluding tert-OH is 1. The predicted octanol–water partition coefficient (Wildman–Crippen LogP) is 1.81. The quantitative estimate of drug-likeness (QED) is 0.779. The summed E-state index contributed by atoms with van der Waals surface area (Å²) in [6, 6.07) is 3.53. The first-order chi connectivity index (χ1) is 9.01. The third-order valence-corrected chi connectivity index (χ3v) is 3.68. The van der Waals surface area contributed by atoms with E-state index < -0.39 is 11.6 Å². The largest absolute Gasteiger partial charge is 0.505 e. The van der Waals surface area contributed by atoms with Gasteiger partial charge in [0.25, 0.3) is 5.91 Å². The molecule has 3 N–H and O–H groups in total. The first kappa shape index (κ1) is 13.8. The van der Waals surface area contributed by atoms with Crippen molar-refractivity contribution in [2.75, 3.05) is 0 Å². The van der Waals surface area contributed by atoms with E-state index in [9.17, 15) is 19.4 Å². The van der Waals surface area contributed by atoms with Gasteiger partial charge < -0.3 is 15.5 Å². The second-order valence-electron chi connectivity index (χ2n) is 5.04. The van der Waals surface area contributed by atoms with Crippen LogP contribution in [0.1, 0.15) is 36.5 Å². The molecule has 0 radical (unpaired) electrons. The molecule has 4 nitrogen and oxygen atoms in total. The van der Waals surface area contributed by atoms with E-state index in [1.54, 1.807) is 0 Å². The molecule has 19 heavy (non-hydrogen) atoms. The lowest BCUT2D eigenvalue weighted by atomic mass is 9.76. The van der Waals surface area contributed by atoms with Crippen LogP contribution in [-0.4, -0.2) is 28.3 Å². The highest BCUT2D eigenvalue weighted by Gasteiger charge is 2.33. The second-order valence-corrected chi connectivity index (χ2v) is 5.04. The van der Waals surface area contributed by atoms with E-state index in [0.717, 1.165) is 18.6 Å². The highest BCUT2D eigenvalue weighted by Crippen LogP contribution is 2.31. The Morgan fingerprint density at radius 2 is 2.21 bits per heavy atom. The standard InChI is InChI=1S/C14H18FNO3/c1-2-12(9-5-10(17)6-9)16-14(19)8-3-4-11(15)13(18)7-8/h3-4,7,9-10,12,17-18H,2,5-6H2,1H3,(H,16,19)/t9?,10?,12-/m0/s1. The van der Waals surface area contributed by atoms with Crippen molar-refractivity contribution in [3.63, 3.8) is 0 Å². The van der Waals surface area contributed by atoms with Gasteiger partial charge in [0, 0.05) is 11.6 Å². The number of hydrogen-bond acceptors (Lipinski definition) is 3. The summed E-state index contributed by atoms with van der Waals surface area (Å²) < 4.78 is 12.9. The molecule has 1 fully saturated rings. The van der Waals surface area contributed by atoms with Gasteiger partial charge in [0.15, 0.2) is 11.6 Å². The van der Waals surface area contributed by atoms with Crippen LogP contribution in [0.15, 0.2) is 18.2 Å². The fourth-order valence-electron chi connectivity index (χ4n) is 2.42. The minimum absolute atomic E-state index is 0.00287. The molecule has 1 amide bonds. The Morgan fingerprint density at radius 1 is 1.53 bits per heavy atom. The number of carbonyl (C=O) groups is 1. The highest BCUT2D eigenvalue weighted by molar-refractivity contribution is 5.94. The highest BCUT2D eigenvalue weighted by atomic mass is 19.1. The molecule has 1 atom stereocenters. The van der Waals surface area contributed by atoms with Gasteiger partial charge >= 0.3 is 0 Å². The topological polar surface area (TPSA) is 69.6 Å². The number of halogens is 1. The summed E-state index contributed by atoms with van der Waals surface area (Å²) in [6.07, 6.45) is 1.92. The average molecular weight is 267 g/mol. The SMILES string of the molecule is CC[C@H](NC(=O)c1ccc(F)c(O)c1)C1CC(O)C1. The van der Waals surface area contributed by atoms with Gasteiger partial charge in [-0.2, -0.15) is 0 Å². The number of carbonyl (C=O) groups excluding carboxylic acids is 1. The van der Waals surface area contributed by atoms with E-state index in [0.29, 0.717) is 12.8 Å². The van der Waals surface area contributed by atoms with E-state index >= 15 is 0 Å². The van der Waals surface area contributed by atoms with E-state index in [2.05, 4.69) is 5.32 Å². The lowest BCUT2D eigenvalue weighted by molar-refractivity contribution is 0.0232. The van der Waals surface area contributed by atoms with Gasteiger partial charge in [-0.15, -0.1) is 0 Å². The van der Waals surface area contributed by atoms with Crippen molar-refractivity contribution in [2.45, 2.75) is 38.3 Å². The lowest BCUT2D eigenvalue weighted by Gasteiger charge is -2.37. The Kier molecular flexibility index (Phi) is 4.04. The van der Waals surface area contributed by atoms with Crippen LogP contribution in [0, 0.1) is 11.7 Å². The number of rotatable bonds is 4. The van der Waals surface area contributed by atoms with Crippen molar-refractivity contribution in [3.8, 4) is 5.75 Å². The number of phenolic OH excluding ortho intramolecular Hbond substituents is 1. The van der Waals surface area contributed by atoms with Crippen molar-refractivity contribution in [1.29, 1.82) is 0 Å². The minimum atomic E-state index is -0.745. The number of phenols is 1. The zero-order chi connectivity index (χ0) is 14.0. The van der Waals surface area contributed by atoms with E-state index in [1.807, 2.05) is 6.92 Å². The van der Waals surface area contributed by atoms with E-state index in [-0.39, 0.29) is 29.5 Å². The average Bonchev–Trinajstić information content (AvgIpc) is 2.35. The minimum Gasteiger partial charge on any atom is -0.505 e. The van der Waals surface area contributed by atoms with Crippen molar-refractivity contribution in [1.82, 2.24) is 5.32 Å². The number of aromatic hydroxyl groups is 1. The normalized spacial score (nSPS) is 23.5. The van der Waals surface area contributed by atoms with Gasteiger partial charge in [-0.1, -0.05) is 6.92 Å². The maximum Gasteiger partial charge on any atom is 0.251 e. The van der Waals surface area contributed by atoms with Crippen LogP contribution in [0.2, 0.25) is 0 Å². The van der Waals surface area contributed by atoms with Gasteiger partial charge in [0.2, 0.25) is 0 Å². The molecule has 1 aliphatic rings. The summed E-state index contributed by atoms with van der Waals surface area (Å²) in [4.78, 5) is 12.0. The fourth-order valence-corrected chi connectivity index (χ4v) is 2.42. The van der Waals surface area contributed by atoms with E-state index in [1.165, 1.54) is 6.07 Å². The molecule has 1 aliphatic carbocycles. The maximum absolute atomic E-state index is 12.9. The van der Waals surface area contributed by atoms with Crippen LogP contribution in [0.25, 0.3) is 0 Å². The number of nitrogens with one attached hydrogen (secondary N) is 1. The smallest absolute Gasteiger partial charge is 0.251 e. The number of amides is 1. The van der Waals surface area contributed by atoms with Gasteiger partial charge in [-0.3, -0.25) is 4.79 Å². The van der Waals surface area contributed by atoms with E-state index in [4.69, 9.17) is 0 Å². The molecule has 1 aromatic rings. The van der Waals surface area contributed by atoms with Gasteiger partial charge in [0.1, 0.15) is 0 Å². The third kappa shape index (κ3) is 3.04. The fraction of sp³-hybridized carbons (Fsp3) is 0.500. The number of benzene rings is 1. The van der Waals surface area contributed by atoms with Crippen molar-refractivity contribution in [3.05, 3.63) is 29.6 Å². The summed E-state index contributed by atoms with van der Waals surface area (Å²) in [5.74, 6) is -1.31. The molecule has 104 valence electrons. The predicted molar refractivity (Wildman–Crippen MR) is 68.3 cm³/mol. The monoisotopic (exact) mass is 267 g/mol. The molecular weight excluding hydrogens is 249 g/mol. The second kappa shape index (κ2) is 5.57. The molecule has 0 saturated heterocycles. The number of aliphatic hydroxyl groups is 1. The molecule has 5 heteroatoms. The Bertz CT molecular complexity index is 472. The first-order valence-corrected chi connectivity index (χ1v) is 6.48. The molecule has 1 saturated carbocycles. The third-order valence-electron chi connectivity index (χ3n) is 3.68. The van der Waals surface area contributed by atoms with Gasteiger partial charge in [-0.25, -0.2) is 4.39 Å². The Morgan fingerprint density at radius 3 is 2.74 bits per heavy atom. The first-order valence-electron chi connectivity index (χ1n) is 6.48. The summed E-state index contributed by atoms with van der Waals surface area (Å²) in [6.45, 7) is 1.97. The van der Waals surface area contributed by atoms with Crippen molar-refractivity contribution in [2.24, 2.45) is 5.92 Å². The van der Waals surface area contributed by atoms with Gasteiger partial charge in [-0.05, 0) is 43.4 Å². The van der Waals surface area contributed by atoms with Crippen molar-refractivity contribution < 1.29 is 19.4 Å². The lowest BCUT2D eigenvalue weighted by Crippen LogP contribution is -2.46. The zero-order valence-electron chi connectivity index (χ0n) is 10.8.